The van der Waals surface area contributed by atoms with Crippen molar-refractivity contribution in [2.75, 3.05) is 0 Å². The van der Waals surface area contributed by atoms with Crippen LogP contribution in [0.4, 0.5) is 0 Å². The summed E-state index contributed by atoms with van der Waals surface area (Å²) >= 11 is 1.77. The molecule has 12 heavy (non-hydrogen) atoms. The molecular formula is C10H12OS. The minimum absolute atomic E-state index is 0.263. The van der Waals surface area contributed by atoms with Crippen molar-refractivity contribution < 1.29 is 4.79 Å². The van der Waals surface area contributed by atoms with Crippen LogP contribution in [-0.2, 0) is 4.79 Å². The Morgan fingerprint density at radius 3 is 2.75 bits per heavy atom. The fourth-order valence-corrected chi connectivity index (χ4v) is 2.48. The minimum atomic E-state index is 0.263. The van der Waals surface area contributed by atoms with Gasteiger partial charge in [0.25, 0.3) is 0 Å². The summed E-state index contributed by atoms with van der Waals surface area (Å²) in [6.07, 6.45) is 0.761. The van der Waals surface area contributed by atoms with E-state index in [2.05, 4.69) is 18.4 Å². The van der Waals surface area contributed by atoms with Crippen molar-refractivity contribution in [2.45, 2.75) is 26.2 Å². The van der Waals surface area contributed by atoms with Crippen LogP contribution in [0.2, 0.25) is 0 Å². The van der Waals surface area contributed by atoms with E-state index in [0.29, 0.717) is 11.7 Å². The molecule has 0 amide bonds. The Morgan fingerprint density at radius 2 is 2.33 bits per heavy atom. The molecule has 0 aromatic carbocycles. The maximum atomic E-state index is 11.0. The van der Waals surface area contributed by atoms with Gasteiger partial charge in [0.05, 0.1) is 0 Å². The summed E-state index contributed by atoms with van der Waals surface area (Å²) in [6.45, 7) is 4.14. The summed E-state index contributed by atoms with van der Waals surface area (Å²) in [5, 5.41) is 2.18. The predicted octanol–water partition coefficient (Wildman–Crippen LogP) is 2.75. The smallest absolute Gasteiger partial charge is 0.136 e. The molecule has 1 aromatic heterocycles. The first-order chi connectivity index (χ1) is 5.68. The average molecular weight is 180 g/mol. The summed E-state index contributed by atoms with van der Waals surface area (Å²) in [6, 6.07) is 2.21. The molecule has 0 radical (unpaired) electrons. The monoisotopic (exact) mass is 180 g/mol. The van der Waals surface area contributed by atoms with Crippen LogP contribution < -0.4 is 0 Å². The summed E-state index contributed by atoms with van der Waals surface area (Å²) in [5.41, 5.74) is 1.37. The van der Waals surface area contributed by atoms with E-state index in [1.165, 1.54) is 10.4 Å². The Bertz CT molecular complexity index is 313. The van der Waals surface area contributed by atoms with Gasteiger partial charge >= 0.3 is 0 Å². The quantitative estimate of drug-likeness (QED) is 0.649. The molecule has 0 bridgehead atoms. The van der Waals surface area contributed by atoms with E-state index in [0.717, 1.165) is 6.42 Å². The molecule has 2 rings (SSSR count). The number of hydrogen-bond acceptors (Lipinski definition) is 2. The second-order valence-corrected chi connectivity index (χ2v) is 4.67. The van der Waals surface area contributed by atoms with E-state index in [9.17, 15) is 4.79 Å². The van der Waals surface area contributed by atoms with Crippen LogP contribution in [0.25, 0.3) is 0 Å². The highest BCUT2D eigenvalue weighted by molar-refractivity contribution is 7.10. The Balaban J connectivity index is 2.17. The SMILES string of the molecule is Cc1cc(C2CC(=O)C2C)cs1. The topological polar surface area (TPSA) is 17.1 Å². The molecule has 1 saturated carbocycles. The highest BCUT2D eigenvalue weighted by atomic mass is 32.1. The molecule has 1 aliphatic carbocycles. The lowest BCUT2D eigenvalue weighted by molar-refractivity contribution is -0.130. The normalized spacial score (nSPS) is 28.7. The van der Waals surface area contributed by atoms with E-state index < -0.39 is 0 Å². The van der Waals surface area contributed by atoms with Gasteiger partial charge in [-0.15, -0.1) is 11.3 Å². The third-order valence-electron chi connectivity index (χ3n) is 2.71. The van der Waals surface area contributed by atoms with Crippen LogP contribution in [0.15, 0.2) is 11.4 Å². The number of ketones is 1. The summed E-state index contributed by atoms with van der Waals surface area (Å²) in [5.74, 6) is 1.20. The zero-order valence-electron chi connectivity index (χ0n) is 7.33. The maximum absolute atomic E-state index is 11.0. The van der Waals surface area contributed by atoms with Crippen molar-refractivity contribution in [1.29, 1.82) is 0 Å². The average Bonchev–Trinajstić information content (AvgIpc) is 2.46. The molecule has 1 heterocycles. The zero-order valence-corrected chi connectivity index (χ0v) is 8.15. The van der Waals surface area contributed by atoms with Gasteiger partial charge in [0.1, 0.15) is 5.78 Å². The number of aryl methyl sites for hydroxylation is 1. The molecule has 2 heteroatoms. The van der Waals surface area contributed by atoms with Crippen molar-refractivity contribution in [3.63, 3.8) is 0 Å². The van der Waals surface area contributed by atoms with E-state index >= 15 is 0 Å². The molecule has 1 aliphatic rings. The van der Waals surface area contributed by atoms with Gasteiger partial charge in [-0.25, -0.2) is 0 Å². The highest BCUT2D eigenvalue weighted by Crippen LogP contribution is 2.40. The van der Waals surface area contributed by atoms with E-state index in [1.807, 2.05) is 6.92 Å². The first-order valence-corrected chi connectivity index (χ1v) is 5.14. The first-order valence-electron chi connectivity index (χ1n) is 4.26. The third kappa shape index (κ3) is 1.11. The van der Waals surface area contributed by atoms with Crippen LogP contribution in [0.3, 0.4) is 0 Å². The standard InChI is InChI=1S/C10H12OS/c1-6-3-8(5-12-6)9-4-10(11)7(9)2/h3,5,7,9H,4H2,1-2H3. The second kappa shape index (κ2) is 2.70. The van der Waals surface area contributed by atoms with Gasteiger partial charge in [-0.3, -0.25) is 4.79 Å². The zero-order chi connectivity index (χ0) is 8.72. The van der Waals surface area contributed by atoms with Crippen molar-refractivity contribution in [3.05, 3.63) is 21.9 Å². The van der Waals surface area contributed by atoms with Gasteiger partial charge in [-0.05, 0) is 23.9 Å². The van der Waals surface area contributed by atoms with E-state index in [1.54, 1.807) is 11.3 Å². The van der Waals surface area contributed by atoms with Crippen LogP contribution in [0, 0.1) is 12.8 Å². The first kappa shape index (κ1) is 7.99. The van der Waals surface area contributed by atoms with Crippen molar-refractivity contribution in [1.82, 2.24) is 0 Å². The summed E-state index contributed by atoms with van der Waals surface area (Å²) in [4.78, 5) is 12.4. The number of thiophene rings is 1. The van der Waals surface area contributed by atoms with Gasteiger partial charge < -0.3 is 0 Å². The Morgan fingerprint density at radius 1 is 1.58 bits per heavy atom. The molecule has 1 aromatic rings. The van der Waals surface area contributed by atoms with Crippen LogP contribution in [0.5, 0.6) is 0 Å². The fraction of sp³-hybridized carbons (Fsp3) is 0.500. The number of hydrogen-bond donors (Lipinski definition) is 0. The number of carbonyl (C=O) groups excluding carboxylic acids is 1. The molecule has 0 spiro atoms. The van der Waals surface area contributed by atoms with Crippen molar-refractivity contribution in [3.8, 4) is 0 Å². The summed E-state index contributed by atoms with van der Waals surface area (Å²) < 4.78 is 0. The summed E-state index contributed by atoms with van der Waals surface area (Å²) in [7, 11) is 0. The lowest BCUT2D eigenvalue weighted by Crippen LogP contribution is -2.32. The van der Waals surface area contributed by atoms with Crippen molar-refractivity contribution in [2.24, 2.45) is 5.92 Å². The second-order valence-electron chi connectivity index (χ2n) is 3.56. The van der Waals surface area contributed by atoms with Gasteiger partial charge in [-0.2, -0.15) is 0 Å². The molecular weight excluding hydrogens is 168 g/mol. The van der Waals surface area contributed by atoms with E-state index in [4.69, 9.17) is 0 Å². The predicted molar refractivity (Wildman–Crippen MR) is 50.6 cm³/mol. The third-order valence-corrected chi connectivity index (χ3v) is 3.59. The Labute approximate surface area is 76.4 Å². The molecule has 1 fully saturated rings. The van der Waals surface area contributed by atoms with Crippen LogP contribution in [0.1, 0.15) is 29.7 Å². The van der Waals surface area contributed by atoms with Crippen LogP contribution in [-0.4, -0.2) is 5.78 Å². The number of Topliss-reactive ketones (excluding diaryl/α,β-unsaturated/α-hetero) is 1. The van der Waals surface area contributed by atoms with Gasteiger partial charge in [0.2, 0.25) is 0 Å². The molecule has 0 aliphatic heterocycles. The Kier molecular flexibility index (Phi) is 1.80. The van der Waals surface area contributed by atoms with Gasteiger partial charge in [-0.1, -0.05) is 6.92 Å². The van der Waals surface area contributed by atoms with Crippen LogP contribution >= 0.6 is 11.3 Å². The lowest BCUT2D eigenvalue weighted by atomic mass is 9.71. The highest BCUT2D eigenvalue weighted by Gasteiger charge is 2.36. The molecule has 2 unspecified atom stereocenters. The Hall–Kier alpha value is -0.630. The molecule has 0 saturated heterocycles. The molecule has 64 valence electrons. The molecule has 0 N–H and O–H groups in total. The van der Waals surface area contributed by atoms with E-state index in [-0.39, 0.29) is 5.92 Å². The van der Waals surface area contributed by atoms with Gasteiger partial charge in [0.15, 0.2) is 0 Å². The van der Waals surface area contributed by atoms with Crippen molar-refractivity contribution >= 4 is 17.1 Å². The lowest BCUT2D eigenvalue weighted by Gasteiger charge is -2.31. The number of carbonyl (C=O) groups is 1. The minimum Gasteiger partial charge on any atom is -0.299 e. The van der Waals surface area contributed by atoms with Gasteiger partial charge in [0, 0.05) is 23.1 Å². The largest absolute Gasteiger partial charge is 0.299 e. The molecule has 2 atom stereocenters. The molecule has 1 nitrogen and oxygen atoms in total. The fourth-order valence-electron chi connectivity index (χ4n) is 1.71. The number of rotatable bonds is 1. The maximum Gasteiger partial charge on any atom is 0.136 e.